The molecular formula is C89H124N20O20. The topological polar surface area (TPSA) is 654 Å². The molecule has 28 N–H and O–H groups in total. The van der Waals surface area contributed by atoms with Crippen molar-refractivity contribution in [3.63, 3.8) is 0 Å². The molecule has 0 radical (unpaired) electrons. The number of hydrogen-bond acceptors (Lipinski definition) is 23. The van der Waals surface area contributed by atoms with Crippen LogP contribution in [0.15, 0.2) is 146 Å². The number of nitrogens with one attached hydrogen (secondary N) is 16. The molecule has 0 aliphatic heterocycles. The number of fused-ring (bicyclic) bond motifs is 1. The third kappa shape index (κ3) is 38.1. The average molecular weight is 1790 g/mol. The standard InChI is InChI=1S/C89H124N20O20/c1-53(110)77(88(128)98-50-74(115)96-49-73(114)97-51-75(116)101-65(32-15-19-39-90)80(120)94-42-22-18-30-63(93)79(119)102-66(33-16-20-40-91)81(121)99-52-76(117)118)108-87(127)71(45-58-27-11-6-12-28-58)107-89(129)78(54(2)111)109-82(122)67(34-17-21-41-92)103-86(126)72(47-60-48-95-64-31-14-13-29-62(60)64)106-85(125)70(46-59-35-37-61(113)38-36-59)105-84(124)69(44-57-25-9-5-10-26-57)104-83(123)68(100-55(3)112)43-56-23-7-4-8-24-56/h4-14,23-29,31,35-38,48,53-54,63,65-72,77-78,95,110-111,113H,15-22,30,32-34,39-47,49-52,90-93H2,1-3H3,(H,94,120)(H,96,115)(H,97,114)(H,98,128)(H,99,121)(H,100,112)(H,101,116)(H,102,119)(H,103,126)(H,104,123)(H,105,124)(H,106,125)(H,107,129)(H,108,127)(H,109,122)(H,117,118)/t53-,54-,63+,65+,66+,67+,68-,69+,70+,71+,72-,77+,78+/m1/s1. The van der Waals surface area contributed by atoms with E-state index in [4.69, 9.17) is 28.0 Å². The molecule has 0 unspecified atom stereocenters. The molecule has 5 aromatic carbocycles. The van der Waals surface area contributed by atoms with Gasteiger partial charge in [-0.3, -0.25) is 76.7 Å². The number of nitrogens with two attached hydrogens (primary N) is 4. The summed E-state index contributed by atoms with van der Waals surface area (Å²) in [6.07, 6.45) is 1.01. The highest BCUT2D eigenvalue weighted by Crippen LogP contribution is 2.21. The molecule has 6 aromatic rings. The zero-order valence-electron chi connectivity index (χ0n) is 72.7. The normalized spacial score (nSPS) is 14.1. The first kappa shape index (κ1) is 105. The number of carbonyl (C=O) groups excluding carboxylic acids is 15. The van der Waals surface area contributed by atoms with E-state index in [0.717, 1.165) is 6.92 Å². The molecule has 0 bridgehead atoms. The summed E-state index contributed by atoms with van der Waals surface area (Å²) in [4.78, 5) is 222. The van der Waals surface area contributed by atoms with Crippen LogP contribution >= 0.6 is 0 Å². The number of aliphatic hydroxyl groups excluding tert-OH is 2. The minimum Gasteiger partial charge on any atom is -0.508 e. The summed E-state index contributed by atoms with van der Waals surface area (Å²) in [5, 5.41) is 80.4. The van der Waals surface area contributed by atoms with Gasteiger partial charge in [0.15, 0.2) is 0 Å². The minimum atomic E-state index is -1.89. The van der Waals surface area contributed by atoms with E-state index in [1.807, 2.05) is 0 Å². The van der Waals surface area contributed by atoms with Crippen LogP contribution in [0.4, 0.5) is 0 Å². The number of H-pyrrole nitrogens is 1. The predicted molar refractivity (Wildman–Crippen MR) is 476 cm³/mol. The molecule has 129 heavy (non-hydrogen) atoms. The van der Waals surface area contributed by atoms with E-state index in [1.54, 1.807) is 121 Å². The first-order valence-electron chi connectivity index (χ1n) is 43.0. The second-order valence-electron chi connectivity index (χ2n) is 31.3. The van der Waals surface area contributed by atoms with Crippen LogP contribution in [0, 0.1) is 0 Å². The Morgan fingerprint density at radius 1 is 0.341 bits per heavy atom. The maximum Gasteiger partial charge on any atom is 0.322 e. The summed E-state index contributed by atoms with van der Waals surface area (Å²) in [7, 11) is 0. The summed E-state index contributed by atoms with van der Waals surface area (Å²) < 4.78 is 0. The molecule has 0 aliphatic carbocycles. The van der Waals surface area contributed by atoms with Crippen molar-refractivity contribution in [3.05, 3.63) is 174 Å². The Balaban J connectivity index is 1.10. The Kier molecular flexibility index (Phi) is 45.4. The Bertz CT molecular complexity index is 4660. The Morgan fingerprint density at radius 3 is 1.16 bits per heavy atom. The van der Waals surface area contributed by atoms with Gasteiger partial charge in [0.25, 0.3) is 0 Å². The first-order chi connectivity index (χ1) is 61.7. The quantitative estimate of drug-likeness (QED) is 0.0165. The molecule has 1 aromatic heterocycles. The Hall–Kier alpha value is -13.3. The van der Waals surface area contributed by atoms with E-state index in [-0.39, 0.29) is 83.0 Å². The van der Waals surface area contributed by atoms with Crippen molar-refractivity contribution in [1.29, 1.82) is 0 Å². The van der Waals surface area contributed by atoms with Gasteiger partial charge in [-0.05, 0) is 157 Å². The first-order valence-corrected chi connectivity index (χ1v) is 43.0. The van der Waals surface area contributed by atoms with Crippen LogP contribution in [0.25, 0.3) is 10.9 Å². The number of amides is 15. The van der Waals surface area contributed by atoms with E-state index in [9.17, 15) is 82.4 Å². The lowest BCUT2D eigenvalue weighted by atomic mass is 9.99. The monoisotopic (exact) mass is 1790 g/mol. The van der Waals surface area contributed by atoms with E-state index in [2.05, 4.69) is 84.7 Å². The number of rotatable bonds is 58. The lowest BCUT2D eigenvalue weighted by Crippen LogP contribution is -2.62. The number of aliphatic carboxylic acids is 1. The number of benzene rings is 5. The molecule has 15 amide bonds. The number of carboxylic acids is 1. The van der Waals surface area contributed by atoms with Crippen LogP contribution in [0.2, 0.25) is 0 Å². The van der Waals surface area contributed by atoms with Gasteiger partial charge in [0.1, 0.15) is 72.7 Å². The van der Waals surface area contributed by atoms with Gasteiger partial charge in [0, 0.05) is 62.7 Å². The molecule has 0 fully saturated rings. The van der Waals surface area contributed by atoms with Crippen molar-refractivity contribution in [2.45, 2.75) is 209 Å². The summed E-state index contributed by atoms with van der Waals surface area (Å²) in [6.45, 7) is 1.64. The van der Waals surface area contributed by atoms with Crippen molar-refractivity contribution >= 4 is 105 Å². The number of aliphatic hydroxyl groups is 2. The van der Waals surface area contributed by atoms with Gasteiger partial charge in [-0.1, -0.05) is 121 Å². The highest BCUT2D eigenvalue weighted by atomic mass is 16.4. The van der Waals surface area contributed by atoms with E-state index in [0.29, 0.717) is 96.8 Å². The second kappa shape index (κ2) is 56.0. The van der Waals surface area contributed by atoms with E-state index >= 15 is 9.59 Å². The van der Waals surface area contributed by atoms with Gasteiger partial charge >= 0.3 is 5.97 Å². The fraction of sp³-hybridized carbons (Fsp3) is 0.461. The highest BCUT2D eigenvalue weighted by Gasteiger charge is 2.38. The number of unbranched alkanes of at least 4 members (excludes halogenated alkanes) is 4. The molecule has 6 rings (SSSR count). The maximum atomic E-state index is 15.3. The van der Waals surface area contributed by atoms with Crippen molar-refractivity contribution in [1.82, 2.24) is 84.7 Å². The van der Waals surface area contributed by atoms with Gasteiger partial charge in [-0.2, -0.15) is 0 Å². The number of aromatic nitrogens is 1. The number of aromatic hydroxyl groups is 1. The number of carbonyl (C=O) groups is 16. The molecule has 40 heteroatoms. The van der Waals surface area contributed by atoms with Crippen molar-refractivity contribution in [3.8, 4) is 5.75 Å². The lowest BCUT2D eigenvalue weighted by Gasteiger charge is -2.29. The zero-order chi connectivity index (χ0) is 94.3. The van der Waals surface area contributed by atoms with Gasteiger partial charge in [-0.15, -0.1) is 0 Å². The third-order valence-corrected chi connectivity index (χ3v) is 20.7. The molecule has 0 aliphatic rings. The van der Waals surface area contributed by atoms with Gasteiger partial charge in [0.2, 0.25) is 88.6 Å². The zero-order valence-corrected chi connectivity index (χ0v) is 72.7. The van der Waals surface area contributed by atoms with Crippen LogP contribution in [0.3, 0.4) is 0 Å². The fourth-order valence-electron chi connectivity index (χ4n) is 13.7. The minimum absolute atomic E-state index is 0.0522. The summed E-state index contributed by atoms with van der Waals surface area (Å²) in [5.74, 6) is -14.1. The van der Waals surface area contributed by atoms with Crippen molar-refractivity contribution in [2.24, 2.45) is 22.9 Å². The molecule has 13 atom stereocenters. The summed E-state index contributed by atoms with van der Waals surface area (Å²) >= 11 is 0. The van der Waals surface area contributed by atoms with Crippen LogP contribution < -0.4 is 103 Å². The Labute approximate surface area is 747 Å². The predicted octanol–water partition coefficient (Wildman–Crippen LogP) is -3.43. The van der Waals surface area contributed by atoms with E-state index in [1.165, 1.54) is 38.1 Å². The number of hydrogen-bond donors (Lipinski definition) is 24. The number of phenols is 1. The Morgan fingerprint density at radius 2 is 0.698 bits per heavy atom. The van der Waals surface area contributed by atoms with E-state index < -0.39 is 199 Å². The third-order valence-electron chi connectivity index (χ3n) is 20.7. The second-order valence-corrected chi connectivity index (χ2v) is 31.3. The fourth-order valence-corrected chi connectivity index (χ4v) is 13.7. The molecular weight excluding hydrogens is 1670 g/mol. The maximum absolute atomic E-state index is 15.3. The molecule has 0 saturated heterocycles. The number of aromatic amines is 1. The number of para-hydroxylation sites is 1. The van der Waals surface area contributed by atoms with Crippen molar-refractivity contribution in [2.75, 3.05) is 52.4 Å². The van der Waals surface area contributed by atoms with Gasteiger partial charge in [-0.25, -0.2) is 0 Å². The number of phenolic OH excluding ortho intramolecular Hbond substituents is 1. The van der Waals surface area contributed by atoms with Gasteiger partial charge < -0.3 is 128 Å². The van der Waals surface area contributed by atoms with Gasteiger partial charge in [0.05, 0.1) is 37.9 Å². The molecule has 0 spiro atoms. The summed E-state index contributed by atoms with van der Waals surface area (Å²) in [5.41, 5.74) is 26.7. The van der Waals surface area contributed by atoms with Crippen molar-refractivity contribution < 1.29 is 97.1 Å². The smallest absolute Gasteiger partial charge is 0.322 e. The summed E-state index contributed by atoms with van der Waals surface area (Å²) in [6, 6.07) is 23.0. The van der Waals surface area contributed by atoms with Crippen LogP contribution in [-0.4, -0.2) is 251 Å². The lowest BCUT2D eigenvalue weighted by molar-refractivity contribution is -0.138. The molecule has 0 saturated carbocycles. The molecule has 40 nitrogen and oxygen atoms in total. The van der Waals surface area contributed by atoms with Crippen LogP contribution in [0.5, 0.6) is 5.75 Å². The largest absolute Gasteiger partial charge is 0.508 e. The van der Waals surface area contributed by atoms with Crippen LogP contribution in [0.1, 0.15) is 126 Å². The average Bonchev–Trinajstić information content (AvgIpc) is 1.76. The molecule has 700 valence electrons. The number of carboxylic acid groups (broad SMARTS) is 1. The van der Waals surface area contributed by atoms with Crippen LogP contribution in [-0.2, 0) is 109 Å². The molecule has 1 heterocycles. The highest BCUT2D eigenvalue weighted by molar-refractivity contribution is 6.00. The SMILES string of the molecule is CC(=O)N[C@H](Cc1ccccc1)C(=O)N[C@@H](Cc1ccccc1)C(=O)N[C@@H](Cc1ccc(O)cc1)C(=O)N[C@H](Cc1c[nH]c2ccccc12)C(=O)N[C@@H](CCCCN)C(=O)N[C@H](C(=O)N[C@@H](Cc1ccccc1)C(=O)N[C@H](C(=O)NCC(=O)NCC(=O)NCC(=O)N[C@@H](CCCCN)C(=O)NCCCC[C@H](N)C(=O)N[C@@H](CCCCN)C(=O)NCC(=O)O)[C@@H](C)O)[C@@H](C)O.